The van der Waals surface area contributed by atoms with Crippen LogP contribution in [0.25, 0.3) is 16.7 Å². The van der Waals surface area contributed by atoms with E-state index in [1.54, 1.807) is 7.11 Å². The summed E-state index contributed by atoms with van der Waals surface area (Å²) in [4.78, 5) is 4.79. The van der Waals surface area contributed by atoms with E-state index in [0.29, 0.717) is 11.5 Å². The third kappa shape index (κ3) is 3.49. The molecule has 0 saturated carbocycles. The highest BCUT2D eigenvalue weighted by molar-refractivity contribution is 6.02. The molecule has 0 amide bonds. The first-order chi connectivity index (χ1) is 16.7. The van der Waals surface area contributed by atoms with Crippen molar-refractivity contribution < 1.29 is 4.74 Å². The molecule has 1 aliphatic heterocycles. The molecule has 0 saturated heterocycles. The lowest BCUT2D eigenvalue weighted by Crippen LogP contribution is -2.09. The summed E-state index contributed by atoms with van der Waals surface area (Å²) < 4.78 is 7.28. The van der Waals surface area contributed by atoms with Gasteiger partial charge in [-0.1, -0.05) is 36.4 Å². The minimum atomic E-state index is 0.157. The van der Waals surface area contributed by atoms with Gasteiger partial charge in [0.1, 0.15) is 11.6 Å². The summed E-state index contributed by atoms with van der Waals surface area (Å²) in [5.41, 5.74) is 10.1. The molecule has 1 aliphatic rings. The van der Waals surface area contributed by atoms with E-state index in [1.165, 1.54) is 5.56 Å². The Morgan fingerprint density at radius 3 is 2.56 bits per heavy atom. The number of anilines is 2. The molecule has 0 spiro atoms. The van der Waals surface area contributed by atoms with Crippen LogP contribution < -0.4 is 15.5 Å². The molecule has 3 aromatic carbocycles. The molecular weight excluding hydrogens is 426 g/mol. The molecule has 1 atom stereocenters. The highest BCUT2D eigenvalue weighted by atomic mass is 16.5. The Bertz CT molecular complexity index is 1520. The van der Waals surface area contributed by atoms with Crippen molar-refractivity contribution in [2.24, 2.45) is 5.10 Å². The van der Waals surface area contributed by atoms with Gasteiger partial charge >= 0.3 is 0 Å². The van der Waals surface area contributed by atoms with E-state index >= 15 is 0 Å². The molecule has 0 aliphatic carbocycles. The largest absolute Gasteiger partial charge is 0.497 e. The number of hydrogen-bond donors (Lipinski definition) is 2. The fourth-order valence-corrected chi connectivity index (χ4v) is 4.34. The number of nitrogens with zero attached hydrogens (tertiary/aromatic N) is 5. The molecule has 168 valence electrons. The van der Waals surface area contributed by atoms with Crippen molar-refractivity contribution in [3.63, 3.8) is 0 Å². The number of hydrazone groups is 1. The Balaban J connectivity index is 1.22. The average molecular weight is 450 g/mol. The molecule has 2 aromatic heterocycles. The van der Waals surface area contributed by atoms with Gasteiger partial charge < -0.3 is 15.5 Å². The maximum absolute atomic E-state index is 5.25. The fourth-order valence-electron chi connectivity index (χ4n) is 4.34. The second kappa shape index (κ2) is 8.15. The van der Waals surface area contributed by atoms with Crippen molar-refractivity contribution in [3.8, 4) is 5.75 Å². The van der Waals surface area contributed by atoms with Crippen LogP contribution in [0.5, 0.6) is 5.75 Å². The Morgan fingerprint density at radius 1 is 0.971 bits per heavy atom. The molecule has 0 bridgehead atoms. The van der Waals surface area contributed by atoms with Crippen molar-refractivity contribution >= 4 is 33.9 Å². The lowest BCUT2D eigenvalue weighted by Gasteiger charge is -2.11. The van der Waals surface area contributed by atoms with E-state index in [9.17, 15) is 0 Å². The first-order valence-electron chi connectivity index (χ1n) is 11.1. The Morgan fingerprint density at radius 2 is 1.76 bits per heavy atom. The molecule has 0 fully saturated rings. The molecule has 1 unspecified atom stereocenters. The number of methoxy groups -OCH3 is 1. The number of fused-ring (bicyclic) bond motifs is 3. The van der Waals surface area contributed by atoms with Crippen LogP contribution in [-0.2, 0) is 0 Å². The quantitative estimate of drug-likeness (QED) is 0.402. The summed E-state index contributed by atoms with van der Waals surface area (Å²) in [7, 11) is 1.67. The number of benzene rings is 3. The molecule has 2 N–H and O–H groups in total. The lowest BCUT2D eigenvalue weighted by molar-refractivity contribution is 0.414. The van der Waals surface area contributed by atoms with E-state index in [-0.39, 0.29) is 6.04 Å². The van der Waals surface area contributed by atoms with Gasteiger partial charge in [-0.15, -0.1) is 10.2 Å². The number of ether oxygens (including phenoxy) is 1. The summed E-state index contributed by atoms with van der Waals surface area (Å²) in [5, 5.41) is 16.6. The van der Waals surface area contributed by atoms with E-state index in [2.05, 4.69) is 50.3 Å². The minimum Gasteiger partial charge on any atom is -0.497 e. The number of rotatable bonds is 5. The van der Waals surface area contributed by atoms with Crippen molar-refractivity contribution in [3.05, 3.63) is 89.7 Å². The van der Waals surface area contributed by atoms with E-state index < -0.39 is 0 Å². The van der Waals surface area contributed by atoms with Gasteiger partial charge in [0.25, 0.3) is 0 Å². The summed E-state index contributed by atoms with van der Waals surface area (Å²) in [5.74, 6) is 2.35. The minimum absolute atomic E-state index is 0.157. The van der Waals surface area contributed by atoms with Crippen LogP contribution >= 0.6 is 0 Å². The molecular formula is C26H23N7O. The number of aromatic nitrogens is 4. The number of para-hydroxylation sites is 2. The second-order valence-electron chi connectivity index (χ2n) is 8.28. The van der Waals surface area contributed by atoms with Gasteiger partial charge in [-0.3, -0.25) is 4.40 Å². The highest BCUT2D eigenvalue weighted by Gasteiger charge is 2.21. The van der Waals surface area contributed by atoms with E-state index in [4.69, 9.17) is 9.72 Å². The maximum atomic E-state index is 5.25. The molecule has 8 heteroatoms. The van der Waals surface area contributed by atoms with Crippen LogP contribution in [0.2, 0.25) is 0 Å². The molecule has 8 nitrogen and oxygen atoms in total. The first-order valence-corrected chi connectivity index (χ1v) is 11.1. The SMILES string of the molecule is COc1ccc(C2CC(c3ccc(Nc4nc5ccccc5n5c(C)nnc45)cc3)=NN2)cc1. The third-order valence-electron chi connectivity index (χ3n) is 6.14. The van der Waals surface area contributed by atoms with Gasteiger partial charge in [0.05, 0.1) is 29.9 Å². The van der Waals surface area contributed by atoms with Gasteiger partial charge in [0, 0.05) is 12.1 Å². The van der Waals surface area contributed by atoms with Gasteiger partial charge in [-0.2, -0.15) is 5.10 Å². The van der Waals surface area contributed by atoms with Crippen LogP contribution in [0.15, 0.2) is 77.9 Å². The molecule has 34 heavy (non-hydrogen) atoms. The van der Waals surface area contributed by atoms with E-state index in [1.807, 2.05) is 59.9 Å². The zero-order valence-electron chi connectivity index (χ0n) is 18.9. The monoisotopic (exact) mass is 449 g/mol. The predicted octanol–water partition coefficient (Wildman–Crippen LogP) is 4.78. The standard InChI is InChI=1S/C26H23N7O/c1-16-29-32-26-25(28-21-5-3-4-6-24(21)33(16)26)27-19-11-7-17(8-12-19)22-15-23(31-30-22)18-9-13-20(34-2)14-10-18/h3-14,23,31H,15H2,1-2H3,(H,27,28). The normalized spacial score (nSPS) is 15.4. The zero-order valence-corrected chi connectivity index (χ0v) is 18.9. The highest BCUT2D eigenvalue weighted by Crippen LogP contribution is 2.28. The van der Waals surface area contributed by atoms with Gasteiger partial charge in [-0.25, -0.2) is 4.98 Å². The summed E-state index contributed by atoms with van der Waals surface area (Å²) >= 11 is 0. The number of hydrogen-bond acceptors (Lipinski definition) is 7. The first kappa shape index (κ1) is 20.2. The summed E-state index contributed by atoms with van der Waals surface area (Å²) in [6.07, 6.45) is 0.824. The van der Waals surface area contributed by atoms with Crippen LogP contribution in [0.4, 0.5) is 11.5 Å². The molecule has 5 aromatic rings. The van der Waals surface area contributed by atoms with Crippen LogP contribution in [-0.4, -0.2) is 32.4 Å². The lowest BCUT2D eigenvalue weighted by atomic mass is 9.99. The molecule has 6 rings (SSSR count). The fraction of sp³-hybridized carbons (Fsp3) is 0.154. The predicted molar refractivity (Wildman–Crippen MR) is 133 cm³/mol. The number of nitrogens with one attached hydrogen (secondary N) is 2. The Hall–Kier alpha value is -4.46. The van der Waals surface area contributed by atoms with Crippen molar-refractivity contribution in [2.75, 3.05) is 12.4 Å². The van der Waals surface area contributed by atoms with E-state index in [0.717, 1.165) is 46.0 Å². The van der Waals surface area contributed by atoms with Gasteiger partial charge in [-0.05, 0) is 54.4 Å². The van der Waals surface area contributed by atoms with Crippen LogP contribution in [0, 0.1) is 6.92 Å². The summed E-state index contributed by atoms with van der Waals surface area (Å²) in [6, 6.07) is 24.5. The van der Waals surface area contributed by atoms with Crippen LogP contribution in [0.3, 0.4) is 0 Å². The van der Waals surface area contributed by atoms with Gasteiger partial charge in [0.2, 0.25) is 5.65 Å². The molecule has 3 heterocycles. The Labute approximate surface area is 196 Å². The molecule has 0 radical (unpaired) electrons. The third-order valence-corrected chi connectivity index (χ3v) is 6.14. The van der Waals surface area contributed by atoms with Crippen molar-refractivity contribution in [1.29, 1.82) is 0 Å². The van der Waals surface area contributed by atoms with Crippen molar-refractivity contribution in [2.45, 2.75) is 19.4 Å². The Kier molecular flexibility index (Phi) is 4.83. The van der Waals surface area contributed by atoms with Crippen LogP contribution in [0.1, 0.15) is 29.4 Å². The van der Waals surface area contributed by atoms with Gasteiger partial charge in [0.15, 0.2) is 5.82 Å². The maximum Gasteiger partial charge on any atom is 0.204 e. The smallest absolute Gasteiger partial charge is 0.204 e. The second-order valence-corrected chi connectivity index (χ2v) is 8.28. The number of aryl methyl sites for hydroxylation is 1. The topological polar surface area (TPSA) is 88.7 Å². The average Bonchev–Trinajstić information content (AvgIpc) is 3.53. The summed E-state index contributed by atoms with van der Waals surface area (Å²) in [6.45, 7) is 1.95. The van der Waals surface area contributed by atoms with Crippen molar-refractivity contribution in [1.82, 2.24) is 25.0 Å². The zero-order chi connectivity index (χ0) is 23.1.